The molecule has 1 aromatic rings. The standard InChI is InChI=1S/C9H17BrN4O3S/c1-4-9(5-2,6-15)12-18(16,17)8-7(10)11-13-14(8)3/h12,15H,4-6H2,1-3H3. The van der Waals surface area contributed by atoms with Crippen LogP contribution in [0.1, 0.15) is 26.7 Å². The zero-order valence-corrected chi connectivity index (χ0v) is 12.9. The normalized spacial score (nSPS) is 12.9. The summed E-state index contributed by atoms with van der Waals surface area (Å²) in [6.07, 6.45) is 0.976. The Labute approximate surface area is 115 Å². The first-order valence-electron chi connectivity index (χ1n) is 5.52. The van der Waals surface area contributed by atoms with Crippen LogP contribution in [-0.4, -0.2) is 40.7 Å². The van der Waals surface area contributed by atoms with Crippen LogP contribution >= 0.6 is 15.9 Å². The molecule has 0 aliphatic rings. The average molecular weight is 341 g/mol. The van der Waals surface area contributed by atoms with E-state index in [1.165, 1.54) is 11.7 Å². The molecule has 0 atom stereocenters. The van der Waals surface area contributed by atoms with Crippen LogP contribution in [0.5, 0.6) is 0 Å². The summed E-state index contributed by atoms with van der Waals surface area (Å²) in [6, 6.07) is 0. The summed E-state index contributed by atoms with van der Waals surface area (Å²) in [4.78, 5) is 0. The lowest BCUT2D eigenvalue weighted by molar-refractivity contribution is 0.172. The molecule has 9 heteroatoms. The number of rotatable bonds is 6. The second kappa shape index (κ2) is 5.64. The van der Waals surface area contributed by atoms with E-state index in [4.69, 9.17) is 0 Å². The summed E-state index contributed by atoms with van der Waals surface area (Å²) in [6.45, 7) is 3.37. The molecular weight excluding hydrogens is 324 g/mol. The van der Waals surface area contributed by atoms with Crippen molar-refractivity contribution in [2.24, 2.45) is 7.05 Å². The van der Waals surface area contributed by atoms with Crippen LogP contribution in [0.2, 0.25) is 0 Å². The van der Waals surface area contributed by atoms with E-state index in [0.29, 0.717) is 12.8 Å². The van der Waals surface area contributed by atoms with Crippen LogP contribution in [0.25, 0.3) is 0 Å². The SMILES string of the molecule is CCC(CC)(CO)NS(=O)(=O)c1c(Br)nnn1C. The summed E-state index contributed by atoms with van der Waals surface area (Å²) in [7, 11) is -2.30. The zero-order valence-electron chi connectivity index (χ0n) is 10.5. The molecule has 1 rings (SSSR count). The third kappa shape index (κ3) is 2.90. The highest BCUT2D eigenvalue weighted by molar-refractivity contribution is 9.10. The first-order valence-corrected chi connectivity index (χ1v) is 7.79. The van der Waals surface area contributed by atoms with Gasteiger partial charge in [0.25, 0.3) is 10.0 Å². The van der Waals surface area contributed by atoms with Crippen molar-refractivity contribution in [1.29, 1.82) is 0 Å². The highest BCUT2D eigenvalue weighted by Crippen LogP contribution is 2.22. The van der Waals surface area contributed by atoms with Gasteiger partial charge in [0.05, 0.1) is 12.1 Å². The molecule has 0 aliphatic carbocycles. The fourth-order valence-electron chi connectivity index (χ4n) is 1.59. The fraction of sp³-hybridized carbons (Fsp3) is 0.778. The average Bonchev–Trinajstić information content (AvgIpc) is 2.67. The molecule has 0 amide bonds. The van der Waals surface area contributed by atoms with E-state index >= 15 is 0 Å². The fourth-order valence-corrected chi connectivity index (χ4v) is 4.23. The third-order valence-electron chi connectivity index (χ3n) is 3.00. The molecule has 0 bridgehead atoms. The van der Waals surface area contributed by atoms with E-state index in [1.807, 2.05) is 13.8 Å². The molecule has 7 nitrogen and oxygen atoms in total. The molecule has 0 saturated heterocycles. The number of aromatic nitrogens is 3. The maximum Gasteiger partial charge on any atom is 0.261 e. The van der Waals surface area contributed by atoms with Gasteiger partial charge in [0.1, 0.15) is 0 Å². The molecule has 0 fully saturated rings. The Hall–Kier alpha value is -0.510. The van der Waals surface area contributed by atoms with E-state index in [9.17, 15) is 13.5 Å². The number of sulfonamides is 1. The largest absolute Gasteiger partial charge is 0.394 e. The van der Waals surface area contributed by atoms with Crippen molar-refractivity contribution in [1.82, 2.24) is 19.7 Å². The van der Waals surface area contributed by atoms with Crippen molar-refractivity contribution in [2.45, 2.75) is 37.3 Å². The predicted octanol–water partition coefficient (Wildman–Crippen LogP) is 0.407. The number of aliphatic hydroxyl groups is 1. The first-order chi connectivity index (χ1) is 8.32. The molecule has 18 heavy (non-hydrogen) atoms. The Bertz CT molecular complexity index is 482. The molecule has 1 heterocycles. The van der Waals surface area contributed by atoms with E-state index in [1.54, 1.807) is 0 Å². The highest BCUT2D eigenvalue weighted by Gasteiger charge is 2.34. The Balaban J connectivity index is 3.17. The molecular formula is C9H17BrN4O3S. The summed E-state index contributed by atoms with van der Waals surface area (Å²) >= 11 is 3.05. The number of halogens is 1. The van der Waals surface area contributed by atoms with Crippen molar-refractivity contribution in [3.05, 3.63) is 4.60 Å². The number of hydrogen-bond acceptors (Lipinski definition) is 5. The topological polar surface area (TPSA) is 97.1 Å². The maximum atomic E-state index is 12.3. The minimum absolute atomic E-state index is 0.0535. The van der Waals surface area contributed by atoms with Gasteiger partial charge in [-0.05, 0) is 28.8 Å². The lowest BCUT2D eigenvalue weighted by Crippen LogP contribution is -2.50. The van der Waals surface area contributed by atoms with Gasteiger partial charge < -0.3 is 5.11 Å². The molecule has 104 valence electrons. The second-order valence-electron chi connectivity index (χ2n) is 4.06. The van der Waals surface area contributed by atoms with Gasteiger partial charge in [-0.1, -0.05) is 19.1 Å². The Morgan fingerprint density at radius 3 is 2.33 bits per heavy atom. The van der Waals surface area contributed by atoms with Gasteiger partial charge in [-0.15, -0.1) is 5.10 Å². The van der Waals surface area contributed by atoms with Gasteiger partial charge in [-0.25, -0.2) is 17.8 Å². The Kier molecular flexibility index (Phi) is 4.87. The van der Waals surface area contributed by atoms with E-state index in [-0.39, 0.29) is 16.2 Å². The number of aliphatic hydroxyl groups excluding tert-OH is 1. The van der Waals surface area contributed by atoms with Crippen molar-refractivity contribution >= 4 is 26.0 Å². The highest BCUT2D eigenvalue weighted by atomic mass is 79.9. The van der Waals surface area contributed by atoms with Crippen LogP contribution in [0.15, 0.2) is 9.63 Å². The summed E-state index contributed by atoms with van der Waals surface area (Å²) in [5, 5.41) is 16.6. The van der Waals surface area contributed by atoms with Crippen molar-refractivity contribution in [2.75, 3.05) is 6.61 Å². The lowest BCUT2D eigenvalue weighted by Gasteiger charge is -2.30. The van der Waals surface area contributed by atoms with Gasteiger partial charge in [-0.2, -0.15) is 0 Å². The molecule has 0 aromatic carbocycles. The van der Waals surface area contributed by atoms with Crippen LogP contribution in [0.3, 0.4) is 0 Å². The van der Waals surface area contributed by atoms with Crippen molar-refractivity contribution in [3.63, 3.8) is 0 Å². The van der Waals surface area contributed by atoms with Gasteiger partial charge in [-0.3, -0.25) is 0 Å². The zero-order chi connectivity index (χ0) is 14.0. The lowest BCUT2D eigenvalue weighted by atomic mass is 9.96. The number of nitrogens with one attached hydrogen (secondary N) is 1. The van der Waals surface area contributed by atoms with E-state index < -0.39 is 15.6 Å². The molecule has 2 N–H and O–H groups in total. The number of hydrogen-bond donors (Lipinski definition) is 2. The van der Waals surface area contributed by atoms with Crippen LogP contribution in [-0.2, 0) is 17.1 Å². The molecule has 0 aliphatic heterocycles. The van der Waals surface area contributed by atoms with Crippen LogP contribution < -0.4 is 4.72 Å². The quantitative estimate of drug-likeness (QED) is 0.781. The van der Waals surface area contributed by atoms with Crippen LogP contribution in [0.4, 0.5) is 0 Å². The molecule has 1 aromatic heterocycles. The first kappa shape index (κ1) is 15.5. The summed E-state index contributed by atoms with van der Waals surface area (Å²) < 4.78 is 28.4. The number of aryl methyl sites for hydroxylation is 1. The Morgan fingerprint density at radius 1 is 1.44 bits per heavy atom. The summed E-state index contributed by atoms with van der Waals surface area (Å²) in [5.41, 5.74) is -0.859. The monoisotopic (exact) mass is 340 g/mol. The minimum atomic E-state index is -3.79. The van der Waals surface area contributed by atoms with E-state index in [2.05, 4.69) is 31.0 Å². The van der Waals surface area contributed by atoms with Gasteiger partial charge in [0, 0.05) is 7.05 Å². The number of nitrogens with zero attached hydrogens (tertiary/aromatic N) is 3. The van der Waals surface area contributed by atoms with Gasteiger partial charge in [0.15, 0.2) is 4.60 Å². The smallest absolute Gasteiger partial charge is 0.261 e. The maximum absolute atomic E-state index is 12.3. The molecule has 0 spiro atoms. The second-order valence-corrected chi connectivity index (χ2v) is 6.41. The van der Waals surface area contributed by atoms with Crippen molar-refractivity contribution in [3.8, 4) is 0 Å². The Morgan fingerprint density at radius 2 is 2.00 bits per heavy atom. The predicted molar refractivity (Wildman–Crippen MR) is 69.4 cm³/mol. The van der Waals surface area contributed by atoms with Gasteiger partial charge >= 0.3 is 0 Å². The van der Waals surface area contributed by atoms with Crippen molar-refractivity contribution < 1.29 is 13.5 Å². The van der Waals surface area contributed by atoms with Crippen LogP contribution in [0, 0.1) is 0 Å². The van der Waals surface area contributed by atoms with E-state index in [0.717, 1.165) is 0 Å². The molecule has 0 radical (unpaired) electrons. The molecule has 0 unspecified atom stereocenters. The summed E-state index contributed by atoms with van der Waals surface area (Å²) in [5.74, 6) is 0. The molecule has 0 saturated carbocycles. The minimum Gasteiger partial charge on any atom is -0.394 e. The van der Waals surface area contributed by atoms with Gasteiger partial charge in [0.2, 0.25) is 5.03 Å². The third-order valence-corrected chi connectivity index (χ3v) is 5.46.